The van der Waals surface area contributed by atoms with E-state index in [2.05, 4.69) is 25.9 Å². The summed E-state index contributed by atoms with van der Waals surface area (Å²) in [4.78, 5) is 0. The highest BCUT2D eigenvalue weighted by atomic mass is 16.4. The molecule has 3 heteroatoms. The van der Waals surface area contributed by atoms with Gasteiger partial charge >= 0.3 is 0 Å². The molecule has 2 rings (SSSR count). The molecule has 0 radical (unpaired) electrons. The van der Waals surface area contributed by atoms with Gasteiger partial charge in [0.05, 0.1) is 5.71 Å². The summed E-state index contributed by atoms with van der Waals surface area (Å²) in [7, 11) is 0. The number of oxime groups is 1. The molecule has 0 spiro atoms. The Labute approximate surface area is 97.2 Å². The van der Waals surface area contributed by atoms with Gasteiger partial charge in [-0.2, -0.15) is 0 Å². The number of furan rings is 1. The average molecular weight is 223 g/mol. The second-order valence-corrected chi connectivity index (χ2v) is 4.83. The third kappa shape index (κ3) is 3.40. The summed E-state index contributed by atoms with van der Waals surface area (Å²) in [6.45, 7) is 8.41. The maximum absolute atomic E-state index is 8.69. The van der Waals surface area contributed by atoms with Crippen molar-refractivity contribution in [2.45, 2.75) is 47.0 Å². The van der Waals surface area contributed by atoms with Crippen molar-refractivity contribution >= 4 is 5.71 Å². The van der Waals surface area contributed by atoms with Crippen LogP contribution in [-0.4, -0.2) is 10.9 Å². The summed E-state index contributed by atoms with van der Waals surface area (Å²) < 4.78 is 5.45. The molecule has 0 amide bonds. The molecule has 16 heavy (non-hydrogen) atoms. The van der Waals surface area contributed by atoms with Crippen molar-refractivity contribution in [3.8, 4) is 0 Å². The van der Waals surface area contributed by atoms with Gasteiger partial charge in [-0.05, 0) is 31.7 Å². The van der Waals surface area contributed by atoms with Crippen LogP contribution in [0.1, 0.15) is 50.7 Å². The maximum atomic E-state index is 8.69. The van der Waals surface area contributed by atoms with E-state index >= 15 is 0 Å². The molecule has 0 aromatic carbocycles. The minimum absolute atomic E-state index is 0.758. The zero-order valence-corrected chi connectivity index (χ0v) is 10.6. The fraction of sp³-hybridized carbons (Fsp3) is 0.615. The highest BCUT2D eigenvalue weighted by molar-refractivity contribution is 6.01. The molecule has 0 saturated heterocycles. The van der Waals surface area contributed by atoms with E-state index in [1.807, 2.05) is 13.0 Å². The van der Waals surface area contributed by atoms with Crippen molar-refractivity contribution in [2.75, 3.05) is 0 Å². The quantitative estimate of drug-likeness (QED) is 0.537. The van der Waals surface area contributed by atoms with Crippen LogP contribution < -0.4 is 0 Å². The number of fused-ring (bicyclic) bond motifs is 1. The number of hydrogen-bond acceptors (Lipinski definition) is 3. The standard InChI is InChI=1S/C9H11NO2.C4H10/c1-6-5-7-8(10-11)3-2-4-9(7)12-6;1-4(2)3/h5,11H,2-4H2,1H3;4H,1-3H3/b10-8-;. The molecule has 0 bridgehead atoms. The Bertz CT molecular complexity index is 361. The molecular weight excluding hydrogens is 202 g/mol. The lowest BCUT2D eigenvalue weighted by Crippen LogP contribution is -2.09. The van der Waals surface area contributed by atoms with Crippen molar-refractivity contribution in [3.05, 3.63) is 23.2 Å². The maximum Gasteiger partial charge on any atom is 0.113 e. The first-order valence-electron chi connectivity index (χ1n) is 5.85. The van der Waals surface area contributed by atoms with Crippen LogP contribution in [0.15, 0.2) is 15.6 Å². The lowest BCUT2D eigenvalue weighted by atomic mass is 9.96. The second kappa shape index (κ2) is 5.73. The van der Waals surface area contributed by atoms with Crippen LogP contribution in [0.5, 0.6) is 0 Å². The number of aryl methyl sites for hydroxylation is 2. The third-order valence-corrected chi connectivity index (χ3v) is 2.18. The molecule has 0 unspecified atom stereocenters. The van der Waals surface area contributed by atoms with Crippen LogP contribution in [-0.2, 0) is 6.42 Å². The number of hydrogen-bond donors (Lipinski definition) is 1. The highest BCUT2D eigenvalue weighted by Crippen LogP contribution is 2.24. The molecule has 1 heterocycles. The topological polar surface area (TPSA) is 45.7 Å². The lowest BCUT2D eigenvalue weighted by Gasteiger charge is -2.09. The van der Waals surface area contributed by atoms with Gasteiger partial charge in [0, 0.05) is 12.0 Å². The minimum Gasteiger partial charge on any atom is -0.466 e. The molecular formula is C13H21NO2. The SMILES string of the molecule is CC(C)C.Cc1cc2c(o1)CCC/C2=N/O. The molecule has 0 aliphatic heterocycles. The predicted molar refractivity (Wildman–Crippen MR) is 65.2 cm³/mol. The monoisotopic (exact) mass is 223 g/mol. The van der Waals surface area contributed by atoms with Gasteiger partial charge in [-0.25, -0.2) is 0 Å². The van der Waals surface area contributed by atoms with Crippen LogP contribution in [0.2, 0.25) is 0 Å². The Morgan fingerprint density at radius 2 is 1.94 bits per heavy atom. The summed E-state index contributed by atoms with van der Waals surface area (Å²) in [6, 6.07) is 1.93. The average Bonchev–Trinajstić information content (AvgIpc) is 2.56. The molecule has 1 aromatic rings. The fourth-order valence-corrected chi connectivity index (χ4v) is 1.65. The number of nitrogens with zero attached hydrogens (tertiary/aromatic N) is 1. The van der Waals surface area contributed by atoms with Crippen LogP contribution in [0.4, 0.5) is 0 Å². The van der Waals surface area contributed by atoms with E-state index < -0.39 is 0 Å². The molecule has 0 atom stereocenters. The fourth-order valence-electron chi connectivity index (χ4n) is 1.65. The molecule has 90 valence electrons. The Morgan fingerprint density at radius 1 is 1.31 bits per heavy atom. The Hall–Kier alpha value is -1.25. The van der Waals surface area contributed by atoms with Gasteiger partial charge < -0.3 is 9.62 Å². The van der Waals surface area contributed by atoms with Gasteiger partial charge in [0.25, 0.3) is 0 Å². The molecule has 1 aliphatic rings. The third-order valence-electron chi connectivity index (χ3n) is 2.18. The second-order valence-electron chi connectivity index (χ2n) is 4.83. The summed E-state index contributed by atoms with van der Waals surface area (Å²) in [5.41, 5.74) is 1.74. The van der Waals surface area contributed by atoms with Crippen LogP contribution in [0, 0.1) is 12.8 Å². The Kier molecular flexibility index (Phi) is 4.59. The van der Waals surface area contributed by atoms with Crippen molar-refractivity contribution in [1.29, 1.82) is 0 Å². The van der Waals surface area contributed by atoms with E-state index in [1.165, 1.54) is 0 Å². The van der Waals surface area contributed by atoms with Gasteiger partial charge in [-0.1, -0.05) is 25.9 Å². The number of rotatable bonds is 0. The normalized spacial score (nSPS) is 16.9. The van der Waals surface area contributed by atoms with E-state index in [4.69, 9.17) is 9.62 Å². The zero-order chi connectivity index (χ0) is 12.1. The molecule has 3 nitrogen and oxygen atoms in total. The summed E-state index contributed by atoms with van der Waals surface area (Å²) in [6.07, 6.45) is 2.82. The molecule has 1 aliphatic carbocycles. The van der Waals surface area contributed by atoms with E-state index in [1.54, 1.807) is 0 Å². The molecule has 0 fully saturated rings. The lowest BCUT2D eigenvalue weighted by molar-refractivity contribution is 0.317. The largest absolute Gasteiger partial charge is 0.466 e. The van der Waals surface area contributed by atoms with Crippen molar-refractivity contribution in [2.24, 2.45) is 11.1 Å². The first-order chi connectivity index (χ1) is 7.54. The first-order valence-corrected chi connectivity index (χ1v) is 5.85. The van der Waals surface area contributed by atoms with Gasteiger partial charge in [0.2, 0.25) is 0 Å². The zero-order valence-electron chi connectivity index (χ0n) is 10.6. The Balaban J connectivity index is 0.000000280. The first kappa shape index (κ1) is 12.8. The van der Waals surface area contributed by atoms with Crippen LogP contribution in [0.3, 0.4) is 0 Å². The highest BCUT2D eigenvalue weighted by Gasteiger charge is 2.19. The van der Waals surface area contributed by atoms with Crippen molar-refractivity contribution in [3.63, 3.8) is 0 Å². The summed E-state index contributed by atoms with van der Waals surface area (Å²) in [5, 5.41) is 12.0. The molecule has 0 saturated carbocycles. The van der Waals surface area contributed by atoms with Crippen LogP contribution in [0.25, 0.3) is 0 Å². The van der Waals surface area contributed by atoms with E-state index in [-0.39, 0.29) is 0 Å². The van der Waals surface area contributed by atoms with Gasteiger partial charge in [0.1, 0.15) is 11.5 Å². The van der Waals surface area contributed by atoms with E-state index in [0.29, 0.717) is 0 Å². The van der Waals surface area contributed by atoms with Gasteiger partial charge in [0.15, 0.2) is 0 Å². The smallest absolute Gasteiger partial charge is 0.113 e. The molecule has 1 N–H and O–H groups in total. The molecule has 1 aromatic heterocycles. The van der Waals surface area contributed by atoms with Gasteiger partial charge in [-0.3, -0.25) is 0 Å². The van der Waals surface area contributed by atoms with E-state index in [9.17, 15) is 0 Å². The minimum atomic E-state index is 0.758. The van der Waals surface area contributed by atoms with Crippen molar-refractivity contribution in [1.82, 2.24) is 0 Å². The van der Waals surface area contributed by atoms with Crippen LogP contribution >= 0.6 is 0 Å². The van der Waals surface area contributed by atoms with Crippen molar-refractivity contribution < 1.29 is 9.62 Å². The predicted octanol–water partition coefficient (Wildman–Crippen LogP) is 3.76. The summed E-state index contributed by atoms with van der Waals surface area (Å²) >= 11 is 0. The van der Waals surface area contributed by atoms with E-state index in [0.717, 1.165) is 48.0 Å². The Morgan fingerprint density at radius 3 is 2.50 bits per heavy atom. The van der Waals surface area contributed by atoms with Gasteiger partial charge in [-0.15, -0.1) is 0 Å². The summed E-state index contributed by atoms with van der Waals surface area (Å²) in [5.74, 6) is 2.69.